The van der Waals surface area contributed by atoms with Crippen molar-refractivity contribution in [1.29, 1.82) is 0 Å². The maximum absolute atomic E-state index is 11.4. The van der Waals surface area contributed by atoms with Crippen LogP contribution in [0.25, 0.3) is 0 Å². The fourth-order valence-corrected chi connectivity index (χ4v) is 2.36. The average molecular weight is 239 g/mol. The molecule has 1 aromatic rings. The molecule has 1 heterocycles. The van der Waals surface area contributed by atoms with Crippen LogP contribution in [0.1, 0.15) is 26.3 Å². The Morgan fingerprint density at radius 3 is 2.50 bits per heavy atom. The van der Waals surface area contributed by atoms with E-state index in [1.165, 1.54) is 11.8 Å². The van der Waals surface area contributed by atoms with Gasteiger partial charge in [-0.25, -0.2) is 0 Å². The Labute approximate surface area is 100 Å². The van der Waals surface area contributed by atoms with Gasteiger partial charge in [0, 0.05) is 12.4 Å². The number of hydrogen-bond acceptors (Lipinski definition) is 3. The Morgan fingerprint density at radius 2 is 2.06 bits per heavy atom. The number of carbonyl (C=O) groups is 1. The van der Waals surface area contributed by atoms with Crippen molar-refractivity contribution in [3.63, 3.8) is 0 Å². The van der Waals surface area contributed by atoms with E-state index in [0.29, 0.717) is 5.92 Å². The zero-order valence-electron chi connectivity index (χ0n) is 9.80. The van der Waals surface area contributed by atoms with Crippen LogP contribution in [0.2, 0.25) is 0 Å². The predicted octanol–water partition coefficient (Wildman–Crippen LogP) is 2.77. The quantitative estimate of drug-likeness (QED) is 0.858. The lowest BCUT2D eigenvalue weighted by molar-refractivity contribution is -0.139. The summed E-state index contributed by atoms with van der Waals surface area (Å²) in [6.07, 6.45) is 3.26. The highest BCUT2D eigenvalue weighted by atomic mass is 32.2. The van der Waals surface area contributed by atoms with Crippen LogP contribution in [0.5, 0.6) is 0 Å². The van der Waals surface area contributed by atoms with Gasteiger partial charge >= 0.3 is 5.97 Å². The maximum Gasteiger partial charge on any atom is 0.324 e. The zero-order valence-corrected chi connectivity index (χ0v) is 10.6. The van der Waals surface area contributed by atoms with Crippen LogP contribution in [-0.2, 0) is 9.54 Å². The number of rotatable bonds is 5. The summed E-state index contributed by atoms with van der Waals surface area (Å²) in [5.41, 5.74) is 0.792. The van der Waals surface area contributed by atoms with Crippen molar-refractivity contribution >= 4 is 17.7 Å². The van der Waals surface area contributed by atoms with Crippen LogP contribution in [0.4, 0.5) is 0 Å². The van der Waals surface area contributed by atoms with Crippen molar-refractivity contribution in [2.75, 3.05) is 5.75 Å². The van der Waals surface area contributed by atoms with Gasteiger partial charge in [0.05, 0.1) is 0 Å². The highest BCUT2D eigenvalue weighted by Crippen LogP contribution is 2.37. The number of carboxylic acids is 1. The number of aliphatic carboxylic acids is 1. The molecule has 0 aliphatic carbocycles. The standard InChI is InChI=1S/C12H17NO2S/c1-9(2)8-16-12(3,11(14)15)10-4-6-13-7-5-10/h4-7,9H,8H2,1-3H3,(H,14,15). The van der Waals surface area contributed by atoms with Crippen molar-refractivity contribution in [3.8, 4) is 0 Å². The molecule has 0 fully saturated rings. The number of nitrogens with zero attached hydrogens (tertiary/aromatic N) is 1. The Hall–Kier alpha value is -1.03. The molecule has 0 aliphatic rings. The van der Waals surface area contributed by atoms with Gasteiger partial charge in [0.1, 0.15) is 4.75 Å². The molecule has 16 heavy (non-hydrogen) atoms. The van der Waals surface area contributed by atoms with Gasteiger partial charge in [-0.05, 0) is 36.3 Å². The van der Waals surface area contributed by atoms with E-state index in [1.54, 1.807) is 31.5 Å². The van der Waals surface area contributed by atoms with Gasteiger partial charge in [0.15, 0.2) is 0 Å². The zero-order chi connectivity index (χ0) is 12.2. The Bertz CT molecular complexity index is 353. The third-order valence-electron chi connectivity index (χ3n) is 2.34. The lowest BCUT2D eigenvalue weighted by Gasteiger charge is -2.25. The molecule has 0 amide bonds. The van der Waals surface area contributed by atoms with E-state index in [4.69, 9.17) is 0 Å². The lowest BCUT2D eigenvalue weighted by atomic mass is 10.0. The number of carboxylic acid groups (broad SMARTS) is 1. The third kappa shape index (κ3) is 2.98. The highest BCUT2D eigenvalue weighted by Gasteiger charge is 2.35. The maximum atomic E-state index is 11.4. The summed E-state index contributed by atoms with van der Waals surface area (Å²) >= 11 is 1.47. The van der Waals surface area contributed by atoms with Crippen LogP contribution in [0.3, 0.4) is 0 Å². The molecule has 88 valence electrons. The Morgan fingerprint density at radius 1 is 1.50 bits per heavy atom. The van der Waals surface area contributed by atoms with Crippen LogP contribution in [0.15, 0.2) is 24.5 Å². The fraction of sp³-hybridized carbons (Fsp3) is 0.500. The van der Waals surface area contributed by atoms with Crippen LogP contribution in [-0.4, -0.2) is 21.8 Å². The molecule has 0 saturated heterocycles. The first-order valence-corrected chi connectivity index (χ1v) is 6.23. The van der Waals surface area contributed by atoms with E-state index < -0.39 is 10.7 Å². The topological polar surface area (TPSA) is 50.2 Å². The molecule has 0 bridgehead atoms. The van der Waals surface area contributed by atoms with Crippen LogP contribution in [0, 0.1) is 5.92 Å². The normalized spacial score (nSPS) is 14.8. The minimum Gasteiger partial charge on any atom is -0.480 e. The Balaban J connectivity index is 2.93. The predicted molar refractivity (Wildman–Crippen MR) is 66.5 cm³/mol. The summed E-state index contributed by atoms with van der Waals surface area (Å²) in [7, 11) is 0. The first-order chi connectivity index (χ1) is 7.47. The van der Waals surface area contributed by atoms with Gasteiger partial charge in [-0.1, -0.05) is 13.8 Å². The smallest absolute Gasteiger partial charge is 0.324 e. The number of aromatic nitrogens is 1. The molecule has 1 rings (SSSR count). The van der Waals surface area contributed by atoms with Crippen LogP contribution < -0.4 is 0 Å². The second-order valence-electron chi connectivity index (χ2n) is 4.28. The molecule has 1 unspecified atom stereocenters. The summed E-state index contributed by atoms with van der Waals surface area (Å²) in [5.74, 6) is 0.500. The summed E-state index contributed by atoms with van der Waals surface area (Å²) in [6, 6.07) is 3.53. The van der Waals surface area contributed by atoms with E-state index in [-0.39, 0.29) is 0 Å². The van der Waals surface area contributed by atoms with Crippen molar-refractivity contribution in [2.45, 2.75) is 25.5 Å². The number of pyridine rings is 1. The fourth-order valence-electron chi connectivity index (χ4n) is 1.27. The van der Waals surface area contributed by atoms with Crippen molar-refractivity contribution in [1.82, 2.24) is 4.98 Å². The van der Waals surface area contributed by atoms with Gasteiger partial charge in [-0.2, -0.15) is 0 Å². The highest BCUT2D eigenvalue weighted by molar-refractivity contribution is 8.00. The molecule has 0 aromatic carbocycles. The second-order valence-corrected chi connectivity index (χ2v) is 5.72. The molecular formula is C12H17NO2S. The molecule has 1 atom stereocenters. The Kier molecular flexibility index (Phi) is 4.35. The van der Waals surface area contributed by atoms with Gasteiger partial charge in [-0.3, -0.25) is 9.78 Å². The van der Waals surface area contributed by atoms with E-state index in [9.17, 15) is 9.90 Å². The van der Waals surface area contributed by atoms with Crippen molar-refractivity contribution < 1.29 is 9.90 Å². The van der Waals surface area contributed by atoms with Crippen LogP contribution >= 0.6 is 11.8 Å². The molecule has 0 saturated carbocycles. The second kappa shape index (κ2) is 5.34. The average Bonchev–Trinajstić information content (AvgIpc) is 2.26. The lowest BCUT2D eigenvalue weighted by Crippen LogP contribution is -2.29. The van der Waals surface area contributed by atoms with Crippen molar-refractivity contribution in [3.05, 3.63) is 30.1 Å². The van der Waals surface area contributed by atoms with E-state index >= 15 is 0 Å². The van der Waals surface area contributed by atoms with Gasteiger partial charge in [0.25, 0.3) is 0 Å². The third-order valence-corrected chi connectivity index (χ3v) is 4.17. The van der Waals surface area contributed by atoms with E-state index in [1.807, 2.05) is 0 Å². The molecular weight excluding hydrogens is 222 g/mol. The minimum absolute atomic E-state index is 0.477. The SMILES string of the molecule is CC(C)CSC(C)(C(=O)O)c1ccncc1. The summed E-state index contributed by atoms with van der Waals surface area (Å²) in [6.45, 7) is 5.92. The first-order valence-electron chi connectivity index (χ1n) is 5.24. The summed E-state index contributed by atoms with van der Waals surface area (Å²) < 4.78 is -0.882. The molecule has 3 nitrogen and oxygen atoms in total. The summed E-state index contributed by atoms with van der Waals surface area (Å²) in [5, 5.41) is 9.36. The number of hydrogen-bond donors (Lipinski definition) is 1. The summed E-state index contributed by atoms with van der Waals surface area (Å²) in [4.78, 5) is 15.3. The minimum atomic E-state index is -0.882. The first kappa shape index (κ1) is 13.0. The van der Waals surface area contributed by atoms with Gasteiger partial charge in [0.2, 0.25) is 0 Å². The molecule has 0 radical (unpaired) electrons. The van der Waals surface area contributed by atoms with Crippen molar-refractivity contribution in [2.24, 2.45) is 5.92 Å². The van der Waals surface area contributed by atoms with Gasteiger partial charge < -0.3 is 5.11 Å². The number of thioether (sulfide) groups is 1. The monoisotopic (exact) mass is 239 g/mol. The molecule has 0 aliphatic heterocycles. The molecule has 4 heteroatoms. The largest absolute Gasteiger partial charge is 0.480 e. The molecule has 1 aromatic heterocycles. The van der Waals surface area contributed by atoms with E-state index in [0.717, 1.165) is 11.3 Å². The molecule has 1 N–H and O–H groups in total. The van der Waals surface area contributed by atoms with Gasteiger partial charge in [-0.15, -0.1) is 11.8 Å². The molecule has 0 spiro atoms. The van der Waals surface area contributed by atoms with E-state index in [2.05, 4.69) is 18.8 Å².